The molecule has 0 atom stereocenters. The second kappa shape index (κ2) is 46.9. The summed E-state index contributed by atoms with van der Waals surface area (Å²) in [5, 5.41) is 7.89. The molecule has 0 aliphatic heterocycles. The van der Waals surface area contributed by atoms with E-state index in [1.165, 1.54) is 5.34 Å². The molecule has 0 saturated heterocycles. The minimum absolute atomic E-state index is 0. The minimum Gasteiger partial charge on any atom is -1.00 e. The van der Waals surface area contributed by atoms with Gasteiger partial charge in [-0.15, -0.1) is 4.91 Å². The third-order valence-corrected chi connectivity index (χ3v) is 0. The van der Waals surface area contributed by atoms with Crippen LogP contribution in [0.15, 0.2) is 5.34 Å². The first-order chi connectivity index (χ1) is 1.41. The van der Waals surface area contributed by atoms with Crippen molar-refractivity contribution in [2.75, 3.05) is 0 Å². The zero-order valence-corrected chi connectivity index (χ0v) is 5.22. The summed E-state index contributed by atoms with van der Waals surface area (Å²) in [6, 6.07) is 0. The first-order valence-electron chi connectivity index (χ1n) is 0.383. The third kappa shape index (κ3) is 175. The molecule has 0 radical (unpaired) electrons. The summed E-state index contributed by atoms with van der Waals surface area (Å²) in [7, 11) is 0. The van der Waals surface area contributed by atoms with E-state index in [4.69, 9.17) is 10.1 Å². The molecule has 0 aliphatic rings. The Bertz CT molecular complexity index is 21.5. The molecule has 6 heavy (non-hydrogen) atoms. The normalized spacial score (nSPS) is 2.00. The van der Waals surface area contributed by atoms with E-state index in [9.17, 15) is 0 Å². The third-order valence-electron chi connectivity index (χ3n) is 0. The number of nitrogens with zero attached hydrogens (tertiary/aromatic N) is 1. The Hall–Kier alpha value is 0.580. The molecule has 0 unspecified atom stereocenters. The van der Waals surface area contributed by atoms with Gasteiger partial charge < -0.3 is 19.0 Å². The summed E-state index contributed by atoms with van der Waals surface area (Å²) < 4.78 is 0. The monoisotopic (exact) mass is 125 g/mol. The van der Waals surface area contributed by atoms with Crippen molar-refractivity contribution >= 4 is 37.7 Å². The van der Waals surface area contributed by atoms with Gasteiger partial charge in [0.25, 0.3) is 0 Å². The van der Waals surface area contributed by atoms with Crippen molar-refractivity contribution in [1.29, 1.82) is 0 Å². The fourth-order valence-electron chi connectivity index (χ4n) is 0. The van der Waals surface area contributed by atoms with Gasteiger partial charge >= 0.3 is 37.7 Å². The van der Waals surface area contributed by atoms with E-state index < -0.39 is 0 Å². The van der Waals surface area contributed by atoms with Gasteiger partial charge in [0.15, 0.2) is 5.34 Å². The number of rotatable bonds is 0. The Balaban J connectivity index is -0.00000000200. The standard InChI is InChI=1S/Ca.HNO2.2H2O.2H/c;2-1-3;;;;/h;(H,2,3);2*1H2;;/q+2;;;;2*-1. The van der Waals surface area contributed by atoms with E-state index in [1.54, 1.807) is 0 Å². The minimum atomic E-state index is 0. The van der Waals surface area contributed by atoms with Crippen molar-refractivity contribution in [3.8, 4) is 0 Å². The predicted octanol–water partition coefficient (Wildman–Crippen LogP) is -1.66. The Morgan fingerprint density at radius 2 is 1.50 bits per heavy atom. The molecule has 5 N–H and O–H groups in total. The molecule has 5 nitrogen and oxygen atoms in total. The summed E-state index contributed by atoms with van der Waals surface area (Å²) in [5.41, 5.74) is 0. The van der Waals surface area contributed by atoms with Gasteiger partial charge in [0, 0.05) is 0 Å². The number of hydrogen-bond acceptors (Lipinski definition) is 2. The van der Waals surface area contributed by atoms with Crippen LogP contribution in [0.5, 0.6) is 0 Å². The van der Waals surface area contributed by atoms with E-state index in [-0.39, 0.29) is 51.5 Å². The molecule has 0 amide bonds. The quantitative estimate of drug-likeness (QED) is 0.237. The van der Waals surface area contributed by atoms with Crippen molar-refractivity contribution in [3.63, 3.8) is 0 Å². The van der Waals surface area contributed by atoms with Crippen LogP contribution in [0.3, 0.4) is 0 Å². The molecule has 0 aromatic carbocycles. The molecule has 38 valence electrons. The van der Waals surface area contributed by atoms with Gasteiger partial charge in [0.1, 0.15) is 0 Å². The zero-order chi connectivity index (χ0) is 2.71. The van der Waals surface area contributed by atoms with Gasteiger partial charge in [-0.1, -0.05) is 0 Å². The maximum absolute atomic E-state index is 8.11. The molecule has 6 heteroatoms. The summed E-state index contributed by atoms with van der Waals surface area (Å²) in [5.74, 6) is 0. The first-order valence-corrected chi connectivity index (χ1v) is 0.383. The number of hydrogen-bond donors (Lipinski definition) is 1. The molecule has 0 heterocycles. The molecule has 0 aromatic heterocycles. The molecule has 0 rings (SSSR count). The van der Waals surface area contributed by atoms with Gasteiger partial charge in [0.2, 0.25) is 0 Å². The molecule has 0 aromatic rings. The molecular formula is H7CaNO4. The molecular weight excluding hydrogens is 118 g/mol. The smallest absolute Gasteiger partial charge is 1.00 e. The second-order valence-corrected chi connectivity index (χ2v) is 0.0816. The largest absolute Gasteiger partial charge is 2.00 e. The van der Waals surface area contributed by atoms with Crippen molar-refractivity contribution in [1.82, 2.24) is 0 Å². The summed E-state index contributed by atoms with van der Waals surface area (Å²) in [4.78, 5) is 8.11. The van der Waals surface area contributed by atoms with Crippen LogP contribution in [-0.2, 0) is 0 Å². The van der Waals surface area contributed by atoms with E-state index in [1.807, 2.05) is 0 Å². The second-order valence-electron chi connectivity index (χ2n) is 0.0816. The van der Waals surface area contributed by atoms with Gasteiger partial charge in [0.05, 0.1) is 0 Å². The van der Waals surface area contributed by atoms with Crippen LogP contribution >= 0.6 is 0 Å². The van der Waals surface area contributed by atoms with Crippen LogP contribution in [0.25, 0.3) is 0 Å². The van der Waals surface area contributed by atoms with Gasteiger partial charge in [-0.25, -0.2) is 0 Å². The average Bonchev–Trinajstić information content (AvgIpc) is 0.918. The molecule has 0 spiro atoms. The molecule has 0 bridgehead atoms. The van der Waals surface area contributed by atoms with Crippen molar-refractivity contribution in [2.45, 2.75) is 0 Å². The van der Waals surface area contributed by atoms with Gasteiger partial charge in [-0.2, -0.15) is 0 Å². The van der Waals surface area contributed by atoms with Gasteiger partial charge in [-0.05, 0) is 0 Å². The summed E-state index contributed by atoms with van der Waals surface area (Å²) >= 11 is 0. The Morgan fingerprint density at radius 1 is 1.50 bits per heavy atom. The fraction of sp³-hybridized carbons (Fsp3) is 0. The predicted molar refractivity (Wildman–Crippen MR) is 22.8 cm³/mol. The molecule has 0 aliphatic carbocycles. The Labute approximate surface area is 66.9 Å². The van der Waals surface area contributed by atoms with Crippen LogP contribution in [0.1, 0.15) is 2.85 Å². The van der Waals surface area contributed by atoms with Crippen LogP contribution < -0.4 is 0 Å². The van der Waals surface area contributed by atoms with Crippen LogP contribution in [0.4, 0.5) is 0 Å². The van der Waals surface area contributed by atoms with E-state index in [0.29, 0.717) is 0 Å². The van der Waals surface area contributed by atoms with Crippen molar-refractivity contribution in [3.05, 3.63) is 4.91 Å². The SMILES string of the molecule is O.O.O=NO.[Ca+2].[H-].[H-]. The zero-order valence-electron chi connectivity index (χ0n) is 5.01. The fourth-order valence-corrected chi connectivity index (χ4v) is 0. The molecule has 0 saturated carbocycles. The Kier molecular flexibility index (Phi) is 241. The van der Waals surface area contributed by atoms with E-state index in [2.05, 4.69) is 0 Å². The van der Waals surface area contributed by atoms with E-state index >= 15 is 0 Å². The van der Waals surface area contributed by atoms with Crippen LogP contribution in [0, 0.1) is 4.91 Å². The first kappa shape index (κ1) is 30.8. The topological polar surface area (TPSA) is 113 Å². The maximum atomic E-state index is 8.11. The average molecular weight is 125 g/mol. The van der Waals surface area contributed by atoms with Crippen LogP contribution in [0.2, 0.25) is 0 Å². The van der Waals surface area contributed by atoms with Crippen molar-refractivity contribution in [2.24, 2.45) is 5.34 Å². The summed E-state index contributed by atoms with van der Waals surface area (Å²) in [6.45, 7) is 0. The molecule has 0 fully saturated rings. The summed E-state index contributed by atoms with van der Waals surface area (Å²) in [6.07, 6.45) is 0. The van der Waals surface area contributed by atoms with Gasteiger partial charge in [-0.3, -0.25) is 0 Å². The van der Waals surface area contributed by atoms with Crippen LogP contribution in [-0.4, -0.2) is 53.9 Å². The Morgan fingerprint density at radius 3 is 1.50 bits per heavy atom. The maximum Gasteiger partial charge on any atom is 2.00 e. The van der Waals surface area contributed by atoms with E-state index in [0.717, 1.165) is 0 Å². The van der Waals surface area contributed by atoms with Crippen molar-refractivity contribution < 1.29 is 19.0 Å².